The van der Waals surface area contributed by atoms with Crippen LogP contribution in [0.5, 0.6) is 11.5 Å². The maximum absolute atomic E-state index is 12.6. The van der Waals surface area contributed by atoms with Crippen molar-refractivity contribution in [2.24, 2.45) is 0 Å². The fourth-order valence-electron chi connectivity index (χ4n) is 5.91. The van der Waals surface area contributed by atoms with Gasteiger partial charge in [-0.25, -0.2) is 0 Å². The van der Waals surface area contributed by atoms with Crippen LogP contribution in [0.2, 0.25) is 0 Å². The molecule has 2 amide bonds. The second-order valence-electron chi connectivity index (χ2n) is 17.5. The number of aryl methyl sites for hydroxylation is 2. The summed E-state index contributed by atoms with van der Waals surface area (Å²) in [6, 6.07) is 8.31. The van der Waals surface area contributed by atoms with Gasteiger partial charge >= 0.3 is 0 Å². The van der Waals surface area contributed by atoms with E-state index in [1.807, 2.05) is 0 Å². The number of unbranched alkanes of at least 4 members (excludes halogenated alkanes) is 3. The molecule has 0 saturated heterocycles. The van der Waals surface area contributed by atoms with Crippen molar-refractivity contribution < 1.29 is 19.8 Å². The topological polar surface area (TPSA) is 98.7 Å². The number of carbonyl (C=O) groups excluding carboxylic acids is 2. The first kappa shape index (κ1) is 40.2. The minimum absolute atomic E-state index is 0.0523. The number of phenolic OH excluding ortho intramolecular Hbond substituents is 2. The molecule has 2 aromatic carbocycles. The Balaban J connectivity index is 1.68. The number of nitrogens with one attached hydrogen (secondary N) is 2. The molecule has 0 bridgehead atoms. The van der Waals surface area contributed by atoms with E-state index in [0.29, 0.717) is 43.9 Å². The van der Waals surface area contributed by atoms with E-state index in [1.165, 1.54) is 5.56 Å². The van der Waals surface area contributed by atoms with Crippen LogP contribution in [0.3, 0.4) is 0 Å². The van der Waals surface area contributed by atoms with E-state index in [1.54, 1.807) is 0 Å². The Kier molecular flexibility index (Phi) is 14.0. The van der Waals surface area contributed by atoms with Crippen molar-refractivity contribution in [2.45, 2.75) is 163 Å². The summed E-state index contributed by atoms with van der Waals surface area (Å²) in [5.41, 5.74) is 5.33. The Labute approximate surface area is 286 Å². The fraction of sp³-hybridized carbons (Fsp3) is 0.659. The molecule has 6 nitrogen and oxygen atoms in total. The lowest BCUT2D eigenvalue weighted by atomic mass is 9.78. The van der Waals surface area contributed by atoms with Gasteiger partial charge in [0.05, 0.1) is 0 Å². The Morgan fingerprint density at radius 2 is 0.809 bits per heavy atom. The van der Waals surface area contributed by atoms with Gasteiger partial charge in [-0.2, -0.15) is 0 Å². The molecule has 0 aliphatic carbocycles. The van der Waals surface area contributed by atoms with Crippen LogP contribution in [0.25, 0.3) is 0 Å². The van der Waals surface area contributed by atoms with Gasteiger partial charge in [0.15, 0.2) is 0 Å². The van der Waals surface area contributed by atoms with E-state index in [2.05, 4.69) is 118 Å². The van der Waals surface area contributed by atoms with E-state index < -0.39 is 0 Å². The van der Waals surface area contributed by atoms with Crippen molar-refractivity contribution in [3.05, 3.63) is 57.6 Å². The molecule has 0 unspecified atom stereocenters. The lowest BCUT2D eigenvalue weighted by molar-refractivity contribution is -0.122. The molecule has 6 heteroatoms. The number of hydrogen-bond acceptors (Lipinski definition) is 4. The predicted molar refractivity (Wildman–Crippen MR) is 197 cm³/mol. The van der Waals surface area contributed by atoms with Crippen molar-refractivity contribution in [1.82, 2.24) is 10.6 Å². The van der Waals surface area contributed by atoms with Crippen LogP contribution in [0.1, 0.15) is 161 Å². The minimum atomic E-state index is -0.187. The van der Waals surface area contributed by atoms with E-state index >= 15 is 0 Å². The molecule has 264 valence electrons. The number of carbonyl (C=O) groups is 2. The Bertz CT molecular complexity index is 1280. The first-order valence-corrected chi connectivity index (χ1v) is 17.8. The van der Waals surface area contributed by atoms with Gasteiger partial charge in [0.1, 0.15) is 11.5 Å². The number of rotatable bonds is 14. The standard InChI is InChI=1S/C41H66N2O4/c1-38(2,3)30-24-28(25-31(36(30)46)39(4,5)6)18-17-19-34(44)42-22-15-13-14-16-23-43-35(45)21-20-29-26-32(40(7,8)9)37(47)33(27-29)41(10,11)12/h24-27,46-47H,13-23H2,1-12H3,(H,42,44)(H,43,45). The predicted octanol–water partition coefficient (Wildman–Crippen LogP) is 9.04. The first-order valence-electron chi connectivity index (χ1n) is 17.8. The van der Waals surface area contributed by atoms with Crippen LogP contribution in [0.4, 0.5) is 0 Å². The highest BCUT2D eigenvalue weighted by Gasteiger charge is 2.28. The minimum Gasteiger partial charge on any atom is -0.507 e. The number of aromatic hydroxyl groups is 2. The molecule has 0 aromatic heterocycles. The van der Waals surface area contributed by atoms with E-state index in [4.69, 9.17) is 0 Å². The van der Waals surface area contributed by atoms with E-state index in [9.17, 15) is 19.8 Å². The monoisotopic (exact) mass is 651 g/mol. The molecule has 2 aromatic rings. The quantitative estimate of drug-likeness (QED) is 0.153. The zero-order valence-electron chi connectivity index (χ0n) is 31.8. The summed E-state index contributed by atoms with van der Waals surface area (Å²) in [5.74, 6) is 0.897. The van der Waals surface area contributed by atoms with Gasteiger partial charge in [0.25, 0.3) is 0 Å². The summed E-state index contributed by atoms with van der Waals surface area (Å²) < 4.78 is 0. The van der Waals surface area contributed by atoms with Crippen molar-refractivity contribution in [2.75, 3.05) is 13.1 Å². The van der Waals surface area contributed by atoms with Crippen LogP contribution in [-0.2, 0) is 44.1 Å². The molecule has 0 fully saturated rings. The molecule has 0 saturated carbocycles. The fourth-order valence-corrected chi connectivity index (χ4v) is 5.91. The molecular weight excluding hydrogens is 584 g/mol. The Hall–Kier alpha value is -3.02. The highest BCUT2D eigenvalue weighted by atomic mass is 16.3. The average molecular weight is 651 g/mol. The zero-order chi connectivity index (χ0) is 35.8. The summed E-state index contributed by atoms with van der Waals surface area (Å²) in [5, 5.41) is 28.0. The number of phenols is 2. The average Bonchev–Trinajstić information content (AvgIpc) is 2.92. The zero-order valence-corrected chi connectivity index (χ0v) is 31.8. The first-order chi connectivity index (χ1) is 21.5. The van der Waals surface area contributed by atoms with Gasteiger partial charge in [-0.1, -0.05) is 120 Å². The van der Waals surface area contributed by atoms with Crippen LogP contribution in [0.15, 0.2) is 24.3 Å². The molecule has 2 rings (SSSR count). The smallest absolute Gasteiger partial charge is 0.220 e. The lowest BCUT2D eigenvalue weighted by Crippen LogP contribution is -2.25. The molecule has 0 aliphatic rings. The third-order valence-electron chi connectivity index (χ3n) is 8.83. The third kappa shape index (κ3) is 12.8. The molecule has 47 heavy (non-hydrogen) atoms. The second-order valence-corrected chi connectivity index (χ2v) is 17.5. The van der Waals surface area contributed by atoms with E-state index in [-0.39, 0.29) is 33.5 Å². The molecule has 0 heterocycles. The van der Waals surface area contributed by atoms with Crippen LogP contribution < -0.4 is 10.6 Å². The normalized spacial score (nSPS) is 12.7. The third-order valence-corrected chi connectivity index (χ3v) is 8.83. The van der Waals surface area contributed by atoms with Crippen molar-refractivity contribution >= 4 is 11.8 Å². The highest BCUT2D eigenvalue weighted by Crippen LogP contribution is 2.41. The number of benzene rings is 2. The SMILES string of the molecule is CC(C)(C)c1cc(CCCC(=O)NCCCCCCNC(=O)CCc2cc(C(C)(C)C)c(O)c(C(C)(C)C)c2)cc(C(C)(C)C)c1O. The summed E-state index contributed by atoms with van der Waals surface area (Å²) in [7, 11) is 0. The Morgan fingerprint density at radius 1 is 0.489 bits per heavy atom. The maximum Gasteiger partial charge on any atom is 0.220 e. The van der Waals surface area contributed by atoms with Crippen molar-refractivity contribution in [3.8, 4) is 11.5 Å². The summed E-state index contributed by atoms with van der Waals surface area (Å²) in [6.07, 6.45) is 6.98. The van der Waals surface area contributed by atoms with Gasteiger partial charge in [0, 0.05) is 25.9 Å². The van der Waals surface area contributed by atoms with E-state index in [0.717, 1.165) is 66.3 Å². The Morgan fingerprint density at radius 3 is 1.15 bits per heavy atom. The number of hydrogen-bond donors (Lipinski definition) is 4. The molecule has 0 atom stereocenters. The van der Waals surface area contributed by atoms with Crippen LogP contribution >= 0.6 is 0 Å². The summed E-state index contributed by atoms with van der Waals surface area (Å²) in [4.78, 5) is 25.0. The van der Waals surface area contributed by atoms with Crippen LogP contribution in [0, 0.1) is 0 Å². The molecule has 4 N–H and O–H groups in total. The van der Waals surface area contributed by atoms with Gasteiger partial charge in [-0.15, -0.1) is 0 Å². The molecule has 0 aliphatic heterocycles. The summed E-state index contributed by atoms with van der Waals surface area (Å²) in [6.45, 7) is 26.6. The molecule has 0 spiro atoms. The van der Waals surface area contributed by atoms with Crippen LogP contribution in [-0.4, -0.2) is 35.1 Å². The van der Waals surface area contributed by atoms with Crippen molar-refractivity contribution in [3.63, 3.8) is 0 Å². The van der Waals surface area contributed by atoms with Gasteiger partial charge in [0.2, 0.25) is 11.8 Å². The number of amides is 2. The lowest BCUT2D eigenvalue weighted by Gasteiger charge is -2.28. The van der Waals surface area contributed by atoms with Gasteiger partial charge in [-0.3, -0.25) is 9.59 Å². The second kappa shape index (κ2) is 16.4. The van der Waals surface area contributed by atoms with Crippen molar-refractivity contribution in [1.29, 1.82) is 0 Å². The summed E-state index contributed by atoms with van der Waals surface area (Å²) >= 11 is 0. The maximum atomic E-state index is 12.6. The largest absolute Gasteiger partial charge is 0.507 e. The highest BCUT2D eigenvalue weighted by molar-refractivity contribution is 5.76. The van der Waals surface area contributed by atoms with Gasteiger partial charge in [-0.05, 0) is 87.1 Å². The molecule has 0 radical (unpaired) electrons. The van der Waals surface area contributed by atoms with Gasteiger partial charge < -0.3 is 20.8 Å². The molecular formula is C41H66N2O4.